The lowest BCUT2D eigenvalue weighted by molar-refractivity contribution is -0.136. The van der Waals surface area contributed by atoms with Gasteiger partial charge in [-0.1, -0.05) is 6.07 Å². The first-order chi connectivity index (χ1) is 6.68. The summed E-state index contributed by atoms with van der Waals surface area (Å²) in [4.78, 5) is 10.6. The lowest BCUT2D eigenvalue weighted by Crippen LogP contribution is -2.00. The Morgan fingerprint density at radius 2 is 2.14 bits per heavy atom. The number of hydrogen-bond donors (Lipinski definition) is 1. The minimum absolute atomic E-state index is 0.0187. The van der Waals surface area contributed by atoms with Gasteiger partial charge in [0.05, 0.1) is 18.1 Å². The summed E-state index contributed by atoms with van der Waals surface area (Å²) in [7, 11) is 0. The van der Waals surface area contributed by atoms with Crippen LogP contribution >= 0.6 is 27.7 Å². The molecular weight excluding hydrogens is 268 g/mol. The van der Waals surface area contributed by atoms with Crippen LogP contribution in [0.15, 0.2) is 16.6 Å². The summed E-state index contributed by atoms with van der Waals surface area (Å²) in [6, 6.07) is 3.55. The summed E-state index contributed by atoms with van der Waals surface area (Å²) < 4.78 is 8.99. The Balaban J connectivity index is 2.60. The molecule has 0 saturated heterocycles. The van der Waals surface area contributed by atoms with E-state index in [4.69, 9.17) is 5.11 Å². The van der Waals surface area contributed by atoms with Gasteiger partial charge in [-0.2, -0.15) is 8.75 Å². The fourth-order valence-corrected chi connectivity index (χ4v) is 2.31. The van der Waals surface area contributed by atoms with Crippen molar-refractivity contribution in [2.45, 2.75) is 6.42 Å². The van der Waals surface area contributed by atoms with Gasteiger partial charge in [0.1, 0.15) is 11.0 Å². The van der Waals surface area contributed by atoms with E-state index >= 15 is 0 Å². The van der Waals surface area contributed by atoms with Crippen molar-refractivity contribution in [3.8, 4) is 0 Å². The molecule has 14 heavy (non-hydrogen) atoms. The van der Waals surface area contributed by atoms with Crippen LogP contribution in [0, 0.1) is 0 Å². The number of aliphatic carboxylic acids is 1. The molecular formula is C8H5BrN2O2S. The number of benzene rings is 1. The fourth-order valence-electron chi connectivity index (χ4n) is 1.19. The Morgan fingerprint density at radius 3 is 2.86 bits per heavy atom. The predicted octanol–water partition coefficient (Wildman–Crippen LogP) is 2.08. The van der Waals surface area contributed by atoms with Crippen LogP contribution in [0.3, 0.4) is 0 Å². The van der Waals surface area contributed by atoms with Crippen LogP contribution in [0.2, 0.25) is 0 Å². The second-order valence-corrected chi connectivity index (χ2v) is 4.12. The molecule has 0 aliphatic heterocycles. The molecule has 72 valence electrons. The van der Waals surface area contributed by atoms with Crippen molar-refractivity contribution in [2.75, 3.05) is 0 Å². The fraction of sp³-hybridized carbons (Fsp3) is 0.125. The number of carbonyl (C=O) groups is 1. The maximum atomic E-state index is 10.6. The van der Waals surface area contributed by atoms with Gasteiger partial charge in [0, 0.05) is 4.47 Å². The molecule has 1 heterocycles. The standard InChI is InChI=1S/C8H5BrN2O2S/c9-5-2-1-4(3-6(12)13)7-8(5)11-14-10-7/h1-2H,3H2,(H,12,13). The molecule has 1 aromatic heterocycles. The van der Waals surface area contributed by atoms with Crippen molar-refractivity contribution >= 4 is 44.7 Å². The maximum Gasteiger partial charge on any atom is 0.307 e. The number of carboxylic acids is 1. The van der Waals surface area contributed by atoms with Gasteiger partial charge in [-0.3, -0.25) is 4.79 Å². The lowest BCUT2D eigenvalue weighted by Gasteiger charge is -1.98. The number of halogens is 1. The van der Waals surface area contributed by atoms with Crippen molar-refractivity contribution in [2.24, 2.45) is 0 Å². The molecule has 2 rings (SSSR count). The Bertz CT molecular complexity index is 497. The molecule has 0 bridgehead atoms. The van der Waals surface area contributed by atoms with Gasteiger partial charge >= 0.3 is 5.97 Å². The van der Waals surface area contributed by atoms with Gasteiger partial charge in [-0.25, -0.2) is 0 Å². The highest BCUT2D eigenvalue weighted by Gasteiger charge is 2.10. The highest BCUT2D eigenvalue weighted by atomic mass is 79.9. The van der Waals surface area contributed by atoms with Crippen molar-refractivity contribution in [3.63, 3.8) is 0 Å². The number of nitrogens with zero attached hydrogens (tertiary/aromatic N) is 2. The van der Waals surface area contributed by atoms with Crippen molar-refractivity contribution in [1.29, 1.82) is 0 Å². The van der Waals surface area contributed by atoms with Crippen LogP contribution in [-0.2, 0) is 11.2 Å². The summed E-state index contributed by atoms with van der Waals surface area (Å²) in [5.74, 6) is -0.860. The zero-order valence-corrected chi connectivity index (χ0v) is 9.30. The summed E-state index contributed by atoms with van der Waals surface area (Å²) in [6.07, 6.45) is -0.0187. The van der Waals surface area contributed by atoms with Gasteiger partial charge in [0.15, 0.2) is 0 Å². The second-order valence-electron chi connectivity index (χ2n) is 2.74. The molecule has 4 nitrogen and oxygen atoms in total. The first kappa shape index (κ1) is 9.54. The molecule has 1 N–H and O–H groups in total. The summed E-state index contributed by atoms with van der Waals surface area (Å²) >= 11 is 4.42. The highest BCUT2D eigenvalue weighted by molar-refractivity contribution is 9.10. The van der Waals surface area contributed by atoms with E-state index in [1.807, 2.05) is 0 Å². The highest BCUT2D eigenvalue weighted by Crippen LogP contribution is 2.25. The number of rotatable bonds is 2. The molecule has 6 heteroatoms. The first-order valence-corrected chi connectivity index (χ1v) is 5.32. The molecule has 0 fully saturated rings. The largest absolute Gasteiger partial charge is 0.481 e. The van der Waals surface area contributed by atoms with Crippen molar-refractivity contribution in [3.05, 3.63) is 22.2 Å². The van der Waals surface area contributed by atoms with E-state index in [2.05, 4.69) is 24.7 Å². The topological polar surface area (TPSA) is 63.1 Å². The van der Waals surface area contributed by atoms with Gasteiger partial charge < -0.3 is 5.11 Å². The van der Waals surface area contributed by atoms with Crippen LogP contribution in [0.25, 0.3) is 11.0 Å². The Morgan fingerprint density at radius 1 is 1.43 bits per heavy atom. The molecule has 0 aliphatic carbocycles. The third kappa shape index (κ3) is 1.62. The van der Waals surface area contributed by atoms with E-state index in [0.29, 0.717) is 11.1 Å². The normalized spacial score (nSPS) is 10.6. The van der Waals surface area contributed by atoms with E-state index < -0.39 is 5.97 Å². The van der Waals surface area contributed by atoms with E-state index in [1.54, 1.807) is 12.1 Å². The van der Waals surface area contributed by atoms with E-state index in [-0.39, 0.29) is 6.42 Å². The first-order valence-electron chi connectivity index (χ1n) is 3.80. The molecule has 0 saturated carbocycles. The molecule has 1 aromatic carbocycles. The average Bonchev–Trinajstić information content (AvgIpc) is 2.58. The molecule has 0 atom stereocenters. The number of hydrogen-bond acceptors (Lipinski definition) is 4. The monoisotopic (exact) mass is 272 g/mol. The molecule has 0 amide bonds. The predicted molar refractivity (Wildman–Crippen MR) is 56.5 cm³/mol. The summed E-state index contributed by atoms with van der Waals surface area (Å²) in [6.45, 7) is 0. The number of fused-ring (bicyclic) bond motifs is 1. The third-order valence-corrected chi connectivity index (χ3v) is 2.96. The SMILES string of the molecule is O=C(O)Cc1ccc(Br)c2nsnc12. The Kier molecular flexibility index (Phi) is 2.47. The van der Waals surface area contributed by atoms with Gasteiger partial charge in [0.25, 0.3) is 0 Å². The molecule has 0 radical (unpaired) electrons. The van der Waals surface area contributed by atoms with Crippen LogP contribution in [0.5, 0.6) is 0 Å². The zero-order chi connectivity index (χ0) is 10.1. The minimum Gasteiger partial charge on any atom is -0.481 e. The maximum absolute atomic E-state index is 10.6. The van der Waals surface area contributed by atoms with E-state index in [1.165, 1.54) is 0 Å². The minimum atomic E-state index is -0.860. The van der Waals surface area contributed by atoms with E-state index in [9.17, 15) is 4.79 Å². The van der Waals surface area contributed by atoms with Crippen molar-refractivity contribution in [1.82, 2.24) is 8.75 Å². The molecule has 0 unspecified atom stereocenters. The lowest BCUT2D eigenvalue weighted by atomic mass is 10.1. The average molecular weight is 273 g/mol. The zero-order valence-electron chi connectivity index (χ0n) is 6.90. The van der Waals surface area contributed by atoms with E-state index in [0.717, 1.165) is 21.7 Å². The molecule has 2 aromatic rings. The second kappa shape index (κ2) is 3.62. The van der Waals surface area contributed by atoms with Gasteiger partial charge in [0.2, 0.25) is 0 Å². The van der Waals surface area contributed by atoms with Crippen LogP contribution in [-0.4, -0.2) is 19.8 Å². The molecule has 0 aliphatic rings. The molecule has 0 spiro atoms. The van der Waals surface area contributed by atoms with Crippen LogP contribution < -0.4 is 0 Å². The van der Waals surface area contributed by atoms with Gasteiger partial charge in [-0.15, -0.1) is 0 Å². The van der Waals surface area contributed by atoms with Crippen LogP contribution in [0.4, 0.5) is 0 Å². The quantitative estimate of drug-likeness (QED) is 0.909. The van der Waals surface area contributed by atoms with Gasteiger partial charge in [-0.05, 0) is 27.6 Å². The number of aromatic nitrogens is 2. The Labute approximate surface area is 92.0 Å². The third-order valence-electron chi connectivity index (χ3n) is 1.79. The summed E-state index contributed by atoms with van der Waals surface area (Å²) in [5.41, 5.74) is 2.10. The smallest absolute Gasteiger partial charge is 0.307 e. The Hall–Kier alpha value is -1.01. The van der Waals surface area contributed by atoms with Crippen LogP contribution in [0.1, 0.15) is 5.56 Å². The number of carboxylic acid groups (broad SMARTS) is 1. The summed E-state index contributed by atoms with van der Waals surface area (Å²) in [5, 5.41) is 8.68. The van der Waals surface area contributed by atoms with Crippen molar-refractivity contribution < 1.29 is 9.90 Å².